The van der Waals surface area contributed by atoms with Gasteiger partial charge in [-0.15, -0.1) is 11.3 Å². The topological polar surface area (TPSA) is 69.2 Å². The van der Waals surface area contributed by atoms with Crippen molar-refractivity contribution in [2.45, 2.75) is 26.7 Å². The van der Waals surface area contributed by atoms with Crippen LogP contribution in [-0.2, 0) is 0 Å². The SMILES string of the molecule is C/C=C\N1C=C(c2ccc3cn[nH]c3c2)N=C(Nc2ccc3scnc3c2)/C1=C\CCC. The molecule has 5 rings (SSSR count). The molecule has 160 valence electrons. The maximum atomic E-state index is 5.04. The minimum atomic E-state index is 0.813. The summed E-state index contributed by atoms with van der Waals surface area (Å²) >= 11 is 1.64. The van der Waals surface area contributed by atoms with E-state index in [0.29, 0.717) is 0 Å². The van der Waals surface area contributed by atoms with Crippen LogP contribution in [0.5, 0.6) is 0 Å². The molecule has 0 atom stereocenters. The van der Waals surface area contributed by atoms with Crippen LogP contribution in [0.1, 0.15) is 32.3 Å². The molecule has 0 bridgehead atoms. The smallest absolute Gasteiger partial charge is 0.155 e. The number of nitrogens with one attached hydrogen (secondary N) is 2. The average molecular weight is 441 g/mol. The van der Waals surface area contributed by atoms with Crippen molar-refractivity contribution in [3.63, 3.8) is 0 Å². The van der Waals surface area contributed by atoms with Crippen molar-refractivity contribution in [2.24, 2.45) is 4.99 Å². The number of benzene rings is 2. The number of unbranched alkanes of at least 4 members (excludes halogenated alkanes) is 1. The molecule has 0 radical (unpaired) electrons. The normalized spacial score (nSPS) is 15.7. The van der Waals surface area contributed by atoms with Gasteiger partial charge in [-0.3, -0.25) is 5.10 Å². The van der Waals surface area contributed by atoms with E-state index in [1.165, 1.54) is 4.70 Å². The van der Waals surface area contributed by atoms with Crippen molar-refractivity contribution in [1.82, 2.24) is 20.1 Å². The Morgan fingerprint density at radius 1 is 1.19 bits per heavy atom. The molecule has 0 spiro atoms. The predicted octanol–water partition coefficient (Wildman–Crippen LogP) is 6.51. The number of aliphatic imine (C=N–C) groups is 1. The summed E-state index contributed by atoms with van der Waals surface area (Å²) in [5.74, 6) is 0.813. The molecular formula is C25H24N6S. The summed E-state index contributed by atoms with van der Waals surface area (Å²) in [6, 6.07) is 12.5. The van der Waals surface area contributed by atoms with Gasteiger partial charge in [0.15, 0.2) is 5.84 Å². The van der Waals surface area contributed by atoms with Gasteiger partial charge >= 0.3 is 0 Å². The first kappa shape index (κ1) is 20.2. The van der Waals surface area contributed by atoms with Gasteiger partial charge in [-0.2, -0.15) is 5.10 Å². The Kier molecular flexibility index (Phi) is 5.56. The molecular weight excluding hydrogens is 416 g/mol. The number of rotatable bonds is 5. The number of anilines is 1. The molecule has 0 saturated carbocycles. The van der Waals surface area contributed by atoms with Gasteiger partial charge in [-0.25, -0.2) is 9.98 Å². The molecule has 0 saturated heterocycles. The van der Waals surface area contributed by atoms with Crippen LogP contribution in [0.4, 0.5) is 5.69 Å². The second kappa shape index (κ2) is 8.80. The van der Waals surface area contributed by atoms with E-state index in [1.54, 1.807) is 11.3 Å². The minimum Gasteiger partial charge on any atom is -0.338 e. The second-order valence-electron chi connectivity index (χ2n) is 7.57. The quantitative estimate of drug-likeness (QED) is 0.371. The standard InChI is InChI=1S/C25H24N6S/c1-3-5-6-23-25(28-19-9-10-24-21(13-19)26-16-32-24)29-22(15-31(23)11-4-2)17-7-8-18-14-27-30-20(18)12-17/h4,6-16H,3,5H2,1-2H3,(H,27,30)(H,28,29)/b11-4-,23-6+. The molecule has 2 N–H and O–H groups in total. The highest BCUT2D eigenvalue weighted by Crippen LogP contribution is 2.29. The van der Waals surface area contributed by atoms with Gasteiger partial charge in [-0.05, 0) is 37.6 Å². The van der Waals surface area contributed by atoms with Crippen LogP contribution < -0.4 is 5.32 Å². The highest BCUT2D eigenvalue weighted by Gasteiger charge is 2.20. The van der Waals surface area contributed by atoms with Crippen molar-refractivity contribution in [2.75, 3.05) is 5.32 Å². The number of amidine groups is 1. The third-order valence-electron chi connectivity index (χ3n) is 5.28. The monoisotopic (exact) mass is 440 g/mol. The zero-order chi connectivity index (χ0) is 21.9. The van der Waals surface area contributed by atoms with Crippen molar-refractivity contribution >= 4 is 49.7 Å². The van der Waals surface area contributed by atoms with E-state index in [9.17, 15) is 0 Å². The maximum absolute atomic E-state index is 5.04. The summed E-state index contributed by atoms with van der Waals surface area (Å²) in [7, 11) is 0. The summed E-state index contributed by atoms with van der Waals surface area (Å²) in [6.45, 7) is 4.21. The summed E-state index contributed by atoms with van der Waals surface area (Å²) in [5.41, 5.74) is 7.77. The first-order chi connectivity index (χ1) is 15.7. The Bertz CT molecular complexity index is 1390. The van der Waals surface area contributed by atoms with Crippen molar-refractivity contribution in [3.05, 3.63) is 83.9 Å². The number of fused-ring (bicyclic) bond motifs is 2. The Balaban J connectivity index is 1.58. The molecule has 2 aromatic carbocycles. The van der Waals surface area contributed by atoms with Crippen LogP contribution in [0, 0.1) is 0 Å². The van der Waals surface area contributed by atoms with Crippen LogP contribution in [0.15, 0.2) is 83.3 Å². The Morgan fingerprint density at radius 2 is 2.12 bits per heavy atom. The molecule has 6 nitrogen and oxygen atoms in total. The molecule has 1 aliphatic heterocycles. The Hall–Kier alpha value is -3.71. The minimum absolute atomic E-state index is 0.813. The van der Waals surface area contributed by atoms with Crippen LogP contribution in [0.2, 0.25) is 0 Å². The van der Waals surface area contributed by atoms with E-state index in [4.69, 9.17) is 4.99 Å². The molecule has 0 amide bonds. The fourth-order valence-corrected chi connectivity index (χ4v) is 4.36. The van der Waals surface area contributed by atoms with E-state index in [0.717, 1.165) is 57.7 Å². The van der Waals surface area contributed by atoms with Gasteiger partial charge in [0.1, 0.15) is 0 Å². The van der Waals surface area contributed by atoms with Crippen LogP contribution in [-0.4, -0.2) is 25.9 Å². The number of hydrogen-bond donors (Lipinski definition) is 2. The lowest BCUT2D eigenvalue weighted by Gasteiger charge is -2.27. The Morgan fingerprint density at radius 3 is 3.00 bits per heavy atom. The lowest BCUT2D eigenvalue weighted by atomic mass is 10.1. The van der Waals surface area contributed by atoms with Crippen molar-refractivity contribution in [3.8, 4) is 0 Å². The van der Waals surface area contributed by atoms with E-state index >= 15 is 0 Å². The third-order valence-corrected chi connectivity index (χ3v) is 6.09. The largest absolute Gasteiger partial charge is 0.338 e. The molecule has 1 aliphatic rings. The van der Waals surface area contributed by atoms with E-state index < -0.39 is 0 Å². The molecule has 4 aromatic rings. The van der Waals surface area contributed by atoms with E-state index in [1.807, 2.05) is 24.7 Å². The van der Waals surface area contributed by atoms with Crippen LogP contribution in [0.3, 0.4) is 0 Å². The average Bonchev–Trinajstić information content (AvgIpc) is 3.47. The van der Waals surface area contributed by atoms with Gasteiger partial charge < -0.3 is 10.2 Å². The second-order valence-corrected chi connectivity index (χ2v) is 8.46. The molecule has 3 heterocycles. The molecule has 0 unspecified atom stereocenters. The molecule has 32 heavy (non-hydrogen) atoms. The molecule has 2 aromatic heterocycles. The first-order valence-corrected chi connectivity index (χ1v) is 11.6. The molecule has 0 fully saturated rings. The number of aromatic nitrogens is 3. The van der Waals surface area contributed by atoms with Crippen molar-refractivity contribution in [1.29, 1.82) is 0 Å². The van der Waals surface area contributed by atoms with Gasteiger partial charge in [0, 0.05) is 29.0 Å². The summed E-state index contributed by atoms with van der Waals surface area (Å²) in [5, 5.41) is 11.8. The Labute approximate surface area is 190 Å². The zero-order valence-corrected chi connectivity index (χ0v) is 18.9. The summed E-state index contributed by atoms with van der Waals surface area (Å²) in [4.78, 5) is 11.6. The van der Waals surface area contributed by atoms with Gasteiger partial charge in [0.05, 0.1) is 38.8 Å². The number of allylic oxidation sites excluding steroid dienone is 2. The fourth-order valence-electron chi connectivity index (χ4n) is 3.70. The predicted molar refractivity (Wildman–Crippen MR) is 134 cm³/mol. The fraction of sp³-hybridized carbons (Fsp3) is 0.160. The van der Waals surface area contributed by atoms with Crippen LogP contribution in [0.25, 0.3) is 26.8 Å². The summed E-state index contributed by atoms with van der Waals surface area (Å²) < 4.78 is 1.17. The number of hydrogen-bond acceptors (Lipinski definition) is 6. The maximum Gasteiger partial charge on any atom is 0.155 e. The highest BCUT2D eigenvalue weighted by atomic mass is 32.1. The summed E-state index contributed by atoms with van der Waals surface area (Å²) in [6.07, 6.45) is 12.3. The number of nitrogens with zero attached hydrogens (tertiary/aromatic N) is 4. The lowest BCUT2D eigenvalue weighted by molar-refractivity contribution is 0.649. The van der Waals surface area contributed by atoms with Crippen LogP contribution >= 0.6 is 11.3 Å². The van der Waals surface area contributed by atoms with E-state index in [-0.39, 0.29) is 0 Å². The molecule has 0 aliphatic carbocycles. The van der Waals surface area contributed by atoms with Gasteiger partial charge in [0.25, 0.3) is 0 Å². The lowest BCUT2D eigenvalue weighted by Crippen LogP contribution is -2.27. The highest BCUT2D eigenvalue weighted by molar-refractivity contribution is 7.16. The number of aromatic amines is 1. The first-order valence-electron chi connectivity index (χ1n) is 10.7. The van der Waals surface area contributed by atoms with Gasteiger partial charge in [0.2, 0.25) is 0 Å². The number of thiazole rings is 1. The van der Waals surface area contributed by atoms with Crippen molar-refractivity contribution < 1.29 is 0 Å². The zero-order valence-electron chi connectivity index (χ0n) is 18.0. The molecule has 7 heteroatoms. The third kappa shape index (κ3) is 3.94. The van der Waals surface area contributed by atoms with Gasteiger partial charge in [-0.1, -0.05) is 37.6 Å². The number of H-pyrrole nitrogens is 1. The van der Waals surface area contributed by atoms with E-state index in [2.05, 4.69) is 87.2 Å².